The van der Waals surface area contributed by atoms with Gasteiger partial charge in [-0.15, -0.1) is 11.3 Å². The molecular weight excluding hydrogens is 238 g/mol. The molecule has 92 valence electrons. The van der Waals surface area contributed by atoms with Crippen LogP contribution in [0.5, 0.6) is 0 Å². The van der Waals surface area contributed by atoms with Gasteiger partial charge in [-0.25, -0.2) is 0 Å². The van der Waals surface area contributed by atoms with Gasteiger partial charge in [0, 0.05) is 17.0 Å². The Morgan fingerprint density at radius 1 is 1.38 bits per heavy atom. The minimum atomic E-state index is 0.553. The Morgan fingerprint density at radius 3 is 2.62 bits per heavy atom. The first kappa shape index (κ1) is 14.0. The number of rotatable bonds is 7. The topological polar surface area (TPSA) is 12.0 Å². The average molecular weight is 260 g/mol. The van der Waals surface area contributed by atoms with E-state index in [9.17, 15) is 0 Å². The lowest BCUT2D eigenvalue weighted by Gasteiger charge is -2.20. The molecule has 0 aromatic carbocycles. The molecule has 1 N–H and O–H groups in total. The third-order valence-electron chi connectivity index (χ3n) is 2.55. The normalized spacial score (nSPS) is 13.3. The monoisotopic (exact) mass is 259 g/mol. The first-order valence-corrected chi connectivity index (χ1v) is 7.31. The highest BCUT2D eigenvalue weighted by atomic mass is 35.5. The van der Waals surface area contributed by atoms with E-state index >= 15 is 0 Å². The van der Waals surface area contributed by atoms with E-state index in [4.69, 9.17) is 11.6 Å². The van der Waals surface area contributed by atoms with Crippen LogP contribution in [-0.4, -0.2) is 12.1 Å². The predicted octanol–water partition coefficient (Wildman–Crippen LogP) is 4.50. The van der Waals surface area contributed by atoms with Crippen molar-refractivity contribution in [3.8, 4) is 0 Å². The maximum atomic E-state index is 5.95. The third kappa shape index (κ3) is 5.33. The van der Waals surface area contributed by atoms with Crippen molar-refractivity contribution in [3.63, 3.8) is 0 Å². The molecule has 1 heterocycles. The van der Waals surface area contributed by atoms with Crippen LogP contribution in [0.4, 0.5) is 0 Å². The smallest absolute Gasteiger partial charge is 0.0931 e. The molecule has 16 heavy (non-hydrogen) atoms. The Bertz CT molecular complexity index is 296. The molecule has 0 aliphatic heterocycles. The second kappa shape index (κ2) is 7.31. The van der Waals surface area contributed by atoms with Crippen LogP contribution in [0, 0.1) is 0 Å². The van der Waals surface area contributed by atoms with Gasteiger partial charge >= 0.3 is 0 Å². The van der Waals surface area contributed by atoms with Crippen molar-refractivity contribution in [2.45, 2.75) is 58.5 Å². The largest absolute Gasteiger partial charge is 0.311 e. The first-order valence-electron chi connectivity index (χ1n) is 6.12. The van der Waals surface area contributed by atoms with Gasteiger partial charge in [0.1, 0.15) is 0 Å². The maximum absolute atomic E-state index is 5.95. The second-order valence-corrected chi connectivity index (χ2v) is 6.37. The molecule has 0 aliphatic rings. The number of thiophene rings is 1. The van der Waals surface area contributed by atoms with Crippen molar-refractivity contribution in [2.24, 2.45) is 0 Å². The molecule has 3 heteroatoms. The standard InChI is InChI=1S/C13H22ClNS/c1-4-5-6-11(15-10(2)3)9-12-7-8-13(14)16-12/h7-8,10-11,15H,4-6,9H2,1-3H3. The molecule has 0 aliphatic carbocycles. The summed E-state index contributed by atoms with van der Waals surface area (Å²) in [4.78, 5) is 1.39. The summed E-state index contributed by atoms with van der Waals surface area (Å²) >= 11 is 7.65. The van der Waals surface area contributed by atoms with E-state index in [2.05, 4.69) is 32.2 Å². The highest BCUT2D eigenvalue weighted by Crippen LogP contribution is 2.23. The van der Waals surface area contributed by atoms with Crippen LogP contribution >= 0.6 is 22.9 Å². The molecule has 0 saturated heterocycles. The van der Waals surface area contributed by atoms with Gasteiger partial charge in [0.15, 0.2) is 0 Å². The average Bonchev–Trinajstić information content (AvgIpc) is 2.59. The quantitative estimate of drug-likeness (QED) is 0.760. The molecule has 0 bridgehead atoms. The first-order chi connectivity index (χ1) is 7.61. The Labute approximate surface area is 108 Å². The van der Waals surface area contributed by atoms with Crippen molar-refractivity contribution >= 4 is 22.9 Å². The van der Waals surface area contributed by atoms with Crippen LogP contribution in [0.2, 0.25) is 4.34 Å². The Kier molecular flexibility index (Phi) is 6.40. The van der Waals surface area contributed by atoms with Crippen molar-refractivity contribution < 1.29 is 0 Å². The summed E-state index contributed by atoms with van der Waals surface area (Å²) < 4.78 is 0.897. The van der Waals surface area contributed by atoms with Crippen LogP contribution < -0.4 is 5.32 Å². The zero-order chi connectivity index (χ0) is 12.0. The molecule has 1 rings (SSSR count). The van der Waals surface area contributed by atoms with Gasteiger partial charge in [-0.2, -0.15) is 0 Å². The zero-order valence-electron chi connectivity index (χ0n) is 10.4. The van der Waals surface area contributed by atoms with E-state index in [1.54, 1.807) is 11.3 Å². The van der Waals surface area contributed by atoms with Gasteiger partial charge < -0.3 is 5.32 Å². The van der Waals surface area contributed by atoms with E-state index in [0.717, 1.165) is 10.8 Å². The minimum Gasteiger partial charge on any atom is -0.311 e. The molecule has 1 aromatic heterocycles. The summed E-state index contributed by atoms with van der Waals surface area (Å²) in [6, 6.07) is 5.29. The summed E-state index contributed by atoms with van der Waals surface area (Å²) in [5, 5.41) is 3.64. The maximum Gasteiger partial charge on any atom is 0.0931 e. The number of halogens is 1. The van der Waals surface area contributed by atoms with Crippen molar-refractivity contribution in [1.82, 2.24) is 5.32 Å². The molecule has 0 fully saturated rings. The van der Waals surface area contributed by atoms with Gasteiger partial charge in [-0.05, 0) is 25.0 Å². The predicted molar refractivity (Wildman–Crippen MR) is 74.6 cm³/mol. The van der Waals surface area contributed by atoms with Crippen molar-refractivity contribution in [3.05, 3.63) is 21.3 Å². The minimum absolute atomic E-state index is 0.553. The summed E-state index contributed by atoms with van der Waals surface area (Å²) in [6.45, 7) is 6.66. The fourth-order valence-electron chi connectivity index (χ4n) is 1.87. The molecular formula is C13H22ClNS. The third-order valence-corrected chi connectivity index (χ3v) is 3.81. The zero-order valence-corrected chi connectivity index (χ0v) is 12.0. The van der Waals surface area contributed by atoms with E-state index < -0.39 is 0 Å². The van der Waals surface area contributed by atoms with Crippen molar-refractivity contribution in [1.29, 1.82) is 0 Å². The molecule has 1 aromatic rings. The summed E-state index contributed by atoms with van der Waals surface area (Å²) in [7, 11) is 0. The Balaban J connectivity index is 2.48. The van der Waals surface area contributed by atoms with E-state index in [-0.39, 0.29) is 0 Å². The SMILES string of the molecule is CCCCC(Cc1ccc(Cl)s1)NC(C)C. The summed E-state index contributed by atoms with van der Waals surface area (Å²) in [6.07, 6.45) is 4.92. The molecule has 1 atom stereocenters. The lowest BCUT2D eigenvalue weighted by molar-refractivity contribution is 0.426. The fraction of sp³-hybridized carbons (Fsp3) is 0.692. The van der Waals surface area contributed by atoms with Gasteiger partial charge in [-0.3, -0.25) is 0 Å². The molecule has 0 radical (unpaired) electrons. The van der Waals surface area contributed by atoms with Gasteiger partial charge in [0.25, 0.3) is 0 Å². The lowest BCUT2D eigenvalue weighted by Crippen LogP contribution is -2.36. The van der Waals surface area contributed by atoms with Gasteiger partial charge in [-0.1, -0.05) is 45.2 Å². The number of nitrogens with one attached hydrogen (secondary N) is 1. The van der Waals surface area contributed by atoms with E-state index in [1.165, 1.54) is 24.1 Å². The Hall–Kier alpha value is -0.0500. The number of hydrogen-bond acceptors (Lipinski definition) is 2. The van der Waals surface area contributed by atoms with Crippen LogP contribution in [0.3, 0.4) is 0 Å². The summed E-state index contributed by atoms with van der Waals surface area (Å²) in [5.74, 6) is 0. The lowest BCUT2D eigenvalue weighted by atomic mass is 10.0. The Morgan fingerprint density at radius 2 is 2.12 bits per heavy atom. The van der Waals surface area contributed by atoms with Gasteiger partial charge in [0.2, 0.25) is 0 Å². The highest BCUT2D eigenvalue weighted by molar-refractivity contribution is 7.16. The van der Waals surface area contributed by atoms with Crippen LogP contribution in [0.15, 0.2) is 12.1 Å². The number of hydrogen-bond donors (Lipinski definition) is 1. The molecule has 0 spiro atoms. The van der Waals surface area contributed by atoms with E-state index in [0.29, 0.717) is 12.1 Å². The van der Waals surface area contributed by atoms with Gasteiger partial charge in [0.05, 0.1) is 4.34 Å². The van der Waals surface area contributed by atoms with Crippen LogP contribution in [-0.2, 0) is 6.42 Å². The van der Waals surface area contributed by atoms with Crippen LogP contribution in [0.25, 0.3) is 0 Å². The van der Waals surface area contributed by atoms with E-state index in [1.807, 2.05) is 6.07 Å². The fourth-order valence-corrected chi connectivity index (χ4v) is 3.04. The molecule has 1 unspecified atom stereocenters. The molecule has 1 nitrogen and oxygen atoms in total. The molecule has 0 amide bonds. The summed E-state index contributed by atoms with van der Waals surface area (Å²) in [5.41, 5.74) is 0. The number of unbranched alkanes of at least 4 members (excludes halogenated alkanes) is 1. The molecule has 0 saturated carbocycles. The second-order valence-electron chi connectivity index (χ2n) is 4.57. The van der Waals surface area contributed by atoms with Crippen molar-refractivity contribution in [2.75, 3.05) is 0 Å². The van der Waals surface area contributed by atoms with Crippen LogP contribution in [0.1, 0.15) is 44.9 Å². The highest BCUT2D eigenvalue weighted by Gasteiger charge is 2.11.